The molecule has 0 aliphatic heterocycles. The van der Waals surface area contributed by atoms with E-state index in [1.54, 1.807) is 0 Å². The molecule has 0 aromatic rings. The summed E-state index contributed by atoms with van der Waals surface area (Å²) in [5, 5.41) is 10.2. The Bertz CT molecular complexity index is 216. The van der Waals surface area contributed by atoms with Crippen LogP contribution in [0.2, 0.25) is 0 Å². The SMILES string of the molecule is CCCCCCCCCCCCCCCCCC(=O)[O-].[Al+3].[Na+].[OH-]. The van der Waals surface area contributed by atoms with Gasteiger partial charge in [-0.05, 0) is 12.8 Å². The molecule has 1 N–H and O–H groups in total. The van der Waals surface area contributed by atoms with Gasteiger partial charge in [-0.2, -0.15) is 0 Å². The molecule has 0 radical (unpaired) electrons. The fourth-order valence-corrected chi connectivity index (χ4v) is 2.64. The van der Waals surface area contributed by atoms with Crippen LogP contribution >= 0.6 is 0 Å². The number of carbonyl (C=O) groups excluding carboxylic acids is 1. The van der Waals surface area contributed by atoms with Crippen molar-refractivity contribution in [3.8, 4) is 0 Å². The van der Waals surface area contributed by atoms with Crippen LogP contribution in [-0.4, -0.2) is 28.8 Å². The first-order valence-electron chi connectivity index (χ1n) is 8.97. The van der Waals surface area contributed by atoms with Gasteiger partial charge in [0.2, 0.25) is 0 Å². The van der Waals surface area contributed by atoms with Crippen molar-refractivity contribution in [2.24, 2.45) is 0 Å². The van der Waals surface area contributed by atoms with E-state index in [9.17, 15) is 9.90 Å². The van der Waals surface area contributed by atoms with Crippen LogP contribution in [0.15, 0.2) is 0 Å². The maximum Gasteiger partial charge on any atom is 3.00 e. The van der Waals surface area contributed by atoms with Crippen LogP contribution < -0.4 is 34.7 Å². The van der Waals surface area contributed by atoms with Crippen molar-refractivity contribution in [2.45, 2.75) is 110 Å². The van der Waals surface area contributed by atoms with E-state index in [2.05, 4.69) is 6.92 Å². The number of aliphatic carboxylic acids is 1. The van der Waals surface area contributed by atoms with Crippen molar-refractivity contribution in [3.05, 3.63) is 0 Å². The predicted molar refractivity (Wildman–Crippen MR) is 92.2 cm³/mol. The van der Waals surface area contributed by atoms with E-state index in [-0.39, 0.29) is 58.8 Å². The van der Waals surface area contributed by atoms with Crippen LogP contribution in [0.25, 0.3) is 0 Å². The minimum atomic E-state index is -0.903. The van der Waals surface area contributed by atoms with Gasteiger partial charge in [0.05, 0.1) is 0 Å². The first-order valence-corrected chi connectivity index (χ1v) is 8.97. The Kier molecular flexibility index (Phi) is 38.3. The predicted octanol–water partition coefficient (Wildman–Crippen LogP) is 1.44. The Hall–Kier alpha value is 0.962. The molecule has 0 unspecified atom stereocenters. The molecule has 0 fully saturated rings. The van der Waals surface area contributed by atoms with Crippen LogP contribution in [0.5, 0.6) is 0 Å². The maximum absolute atomic E-state index is 10.2. The monoisotopic (exact) mass is 350 g/mol. The van der Waals surface area contributed by atoms with E-state index >= 15 is 0 Å². The minimum absolute atomic E-state index is 0. The summed E-state index contributed by atoms with van der Waals surface area (Å²) >= 11 is 0. The number of carbonyl (C=O) groups is 1. The Morgan fingerprint density at radius 2 is 0.913 bits per heavy atom. The molecule has 0 atom stereocenters. The second kappa shape index (κ2) is 27.8. The number of carboxylic acids is 1. The molecule has 0 amide bonds. The van der Waals surface area contributed by atoms with Gasteiger partial charge in [-0.1, -0.05) is 96.8 Å². The summed E-state index contributed by atoms with van der Waals surface area (Å²) in [7, 11) is 0. The van der Waals surface area contributed by atoms with E-state index in [1.165, 1.54) is 83.5 Å². The third-order valence-electron chi connectivity index (χ3n) is 3.98. The third-order valence-corrected chi connectivity index (χ3v) is 3.98. The second-order valence-corrected chi connectivity index (χ2v) is 6.07. The maximum atomic E-state index is 10.2. The van der Waals surface area contributed by atoms with Crippen molar-refractivity contribution in [3.63, 3.8) is 0 Å². The summed E-state index contributed by atoms with van der Waals surface area (Å²) in [6.45, 7) is 2.27. The molecule has 0 rings (SSSR count). The van der Waals surface area contributed by atoms with Crippen molar-refractivity contribution in [1.82, 2.24) is 0 Å². The van der Waals surface area contributed by atoms with Crippen molar-refractivity contribution >= 4 is 23.3 Å². The van der Waals surface area contributed by atoms with Crippen molar-refractivity contribution in [1.29, 1.82) is 0 Å². The minimum Gasteiger partial charge on any atom is -0.870 e. The van der Waals surface area contributed by atoms with Gasteiger partial charge in [0.15, 0.2) is 0 Å². The van der Waals surface area contributed by atoms with Gasteiger partial charge in [-0.3, -0.25) is 0 Å². The molecule has 0 heterocycles. The average Bonchev–Trinajstić information content (AvgIpc) is 2.43. The second-order valence-electron chi connectivity index (χ2n) is 6.07. The fraction of sp³-hybridized carbons (Fsp3) is 0.944. The summed E-state index contributed by atoms with van der Waals surface area (Å²) in [6.07, 6.45) is 19.9. The summed E-state index contributed by atoms with van der Waals surface area (Å²) in [5.74, 6) is -0.903. The molecule has 0 saturated heterocycles. The third kappa shape index (κ3) is 31.3. The molecule has 0 aliphatic carbocycles. The molecular formula is C18H36AlNaO3+2. The zero-order chi connectivity index (χ0) is 14.9. The average molecular weight is 350 g/mol. The van der Waals surface area contributed by atoms with Gasteiger partial charge < -0.3 is 15.4 Å². The standard InChI is InChI=1S/C18H36O2.Al.Na.H2O/c1-2-3-4-5-6-7-8-9-10-11-12-13-14-15-16-17-18(19)20;;;/h2-17H2,1H3,(H,19,20);;;1H2/q;+3;+1;/p-2. The zero-order valence-corrected chi connectivity index (χ0v) is 18.8. The molecule has 0 spiro atoms. The quantitative estimate of drug-likeness (QED) is 0.312. The van der Waals surface area contributed by atoms with E-state index in [4.69, 9.17) is 0 Å². The van der Waals surface area contributed by atoms with Gasteiger partial charge in [-0.25, -0.2) is 0 Å². The topological polar surface area (TPSA) is 70.1 Å². The van der Waals surface area contributed by atoms with Crippen LogP contribution in [0.1, 0.15) is 110 Å². The Morgan fingerprint density at radius 3 is 1.17 bits per heavy atom. The molecule has 23 heavy (non-hydrogen) atoms. The number of carboxylic acid groups (broad SMARTS) is 1. The number of hydrogen-bond acceptors (Lipinski definition) is 3. The molecule has 0 aliphatic rings. The molecule has 0 aromatic carbocycles. The number of rotatable bonds is 16. The first kappa shape index (κ1) is 31.7. The van der Waals surface area contributed by atoms with E-state index in [1.807, 2.05) is 0 Å². The van der Waals surface area contributed by atoms with Crippen molar-refractivity contribution < 1.29 is 44.9 Å². The van der Waals surface area contributed by atoms with Gasteiger partial charge in [0.25, 0.3) is 0 Å². The zero-order valence-electron chi connectivity index (χ0n) is 15.7. The fourth-order valence-electron chi connectivity index (χ4n) is 2.64. The van der Waals surface area contributed by atoms with Crippen molar-refractivity contribution in [2.75, 3.05) is 0 Å². The number of hydrogen-bond donors (Lipinski definition) is 0. The van der Waals surface area contributed by atoms with E-state index < -0.39 is 5.97 Å². The van der Waals surface area contributed by atoms with Gasteiger partial charge in [0, 0.05) is 5.97 Å². The molecule has 0 aromatic heterocycles. The Morgan fingerprint density at radius 1 is 0.652 bits per heavy atom. The van der Waals surface area contributed by atoms with Crippen LogP contribution in [0.4, 0.5) is 0 Å². The van der Waals surface area contributed by atoms with Crippen LogP contribution in [-0.2, 0) is 4.79 Å². The Labute approximate surface area is 177 Å². The van der Waals surface area contributed by atoms with Gasteiger partial charge in [-0.15, -0.1) is 0 Å². The first-order chi connectivity index (χ1) is 9.77. The molecule has 0 saturated carbocycles. The molecular weight excluding hydrogens is 314 g/mol. The van der Waals surface area contributed by atoms with Crippen LogP contribution in [0, 0.1) is 0 Å². The summed E-state index contributed by atoms with van der Waals surface area (Å²) < 4.78 is 0. The van der Waals surface area contributed by atoms with Gasteiger partial charge >= 0.3 is 46.9 Å². The van der Waals surface area contributed by atoms with E-state index in [0.717, 1.165) is 12.8 Å². The molecule has 128 valence electrons. The molecule has 0 bridgehead atoms. The normalized spacial score (nSPS) is 9.43. The largest absolute Gasteiger partial charge is 3.00 e. The molecule has 5 heteroatoms. The molecule has 3 nitrogen and oxygen atoms in total. The Balaban J connectivity index is -0.000000602. The smallest absolute Gasteiger partial charge is 0.870 e. The van der Waals surface area contributed by atoms with Crippen LogP contribution in [0.3, 0.4) is 0 Å². The summed E-state index contributed by atoms with van der Waals surface area (Å²) in [4.78, 5) is 10.2. The van der Waals surface area contributed by atoms with E-state index in [0.29, 0.717) is 0 Å². The number of unbranched alkanes of at least 4 members (excludes halogenated alkanes) is 14. The van der Waals surface area contributed by atoms with Gasteiger partial charge in [0.1, 0.15) is 0 Å². The summed E-state index contributed by atoms with van der Waals surface area (Å²) in [6, 6.07) is 0. The summed E-state index contributed by atoms with van der Waals surface area (Å²) in [5.41, 5.74) is 0.